The molecule has 0 rings (SSSR count). The Labute approximate surface area is 76.2 Å². The van der Waals surface area contributed by atoms with Gasteiger partial charge in [-0.15, -0.1) is 0 Å². The molecule has 0 amide bonds. The van der Waals surface area contributed by atoms with Gasteiger partial charge in [0.15, 0.2) is 0 Å². The van der Waals surface area contributed by atoms with E-state index < -0.39 is 15.7 Å². The summed E-state index contributed by atoms with van der Waals surface area (Å²) in [5.41, 5.74) is 0. The zero-order valence-corrected chi connectivity index (χ0v) is 9.52. The topological polar surface area (TPSA) is 34.1 Å². The molecule has 0 aliphatic carbocycles. The van der Waals surface area contributed by atoms with Crippen molar-refractivity contribution < 1.29 is 25.3 Å². The van der Waals surface area contributed by atoms with Crippen LogP contribution in [0.4, 0.5) is 0 Å². The Kier molecular flexibility index (Phi) is 12.6. The fraction of sp³-hybridized carbons (Fsp3) is 0.600. The summed E-state index contributed by atoms with van der Waals surface area (Å²) >= 11 is -0.556. The fourth-order valence-corrected chi connectivity index (χ4v) is 0.351. The van der Waals surface area contributed by atoms with E-state index in [1.165, 1.54) is 13.8 Å². The van der Waals surface area contributed by atoms with Crippen molar-refractivity contribution in [2.45, 2.75) is 20.3 Å². The van der Waals surface area contributed by atoms with Gasteiger partial charge in [0.1, 0.15) is 11.6 Å². The average molecular weight is 363 g/mol. The van der Waals surface area contributed by atoms with Gasteiger partial charge in [0, 0.05) is 0 Å². The second-order valence-corrected chi connectivity index (χ2v) is 5.09. The van der Waals surface area contributed by atoms with Gasteiger partial charge in [-0.05, 0) is 13.8 Å². The first-order chi connectivity index (χ1) is 4.54. The van der Waals surface area contributed by atoms with Crippen molar-refractivity contribution in [3.8, 4) is 0 Å². The SMILES string of the molecule is CC(=O)CC(C)=O.[Cl][Ir][Cl]. The molecule has 0 aromatic heterocycles. The summed E-state index contributed by atoms with van der Waals surface area (Å²) < 4.78 is 0. The minimum absolute atomic E-state index is 0.0625. The third-order valence-electron chi connectivity index (χ3n) is 0.498. The second kappa shape index (κ2) is 9.57. The molecule has 10 heavy (non-hydrogen) atoms. The molecule has 63 valence electrons. The van der Waals surface area contributed by atoms with Crippen LogP contribution in [0.5, 0.6) is 0 Å². The maximum atomic E-state index is 10.0. The van der Waals surface area contributed by atoms with Crippen molar-refractivity contribution in [3.05, 3.63) is 0 Å². The molecule has 0 aromatic rings. The Hall–Kier alpha value is 0.569. The molecule has 2 nitrogen and oxygen atoms in total. The van der Waals surface area contributed by atoms with E-state index in [0.29, 0.717) is 0 Å². The molecule has 0 bridgehead atoms. The molecule has 5 heteroatoms. The van der Waals surface area contributed by atoms with Gasteiger partial charge in [-0.1, -0.05) is 0 Å². The van der Waals surface area contributed by atoms with Gasteiger partial charge in [-0.3, -0.25) is 9.59 Å². The molecule has 0 heterocycles. The molecule has 0 fully saturated rings. The van der Waals surface area contributed by atoms with Crippen LogP contribution >= 0.6 is 19.2 Å². The quantitative estimate of drug-likeness (QED) is 0.703. The van der Waals surface area contributed by atoms with Gasteiger partial charge in [-0.2, -0.15) is 0 Å². The Balaban J connectivity index is 0. The molecule has 0 unspecified atom stereocenters. The minimum atomic E-state index is -0.556. The molecule has 0 aliphatic rings. The van der Waals surface area contributed by atoms with Gasteiger partial charge in [0.2, 0.25) is 0 Å². The molecule has 0 spiro atoms. The molecule has 0 atom stereocenters. The fourth-order valence-electron chi connectivity index (χ4n) is 0.351. The van der Waals surface area contributed by atoms with Crippen molar-refractivity contribution in [3.63, 3.8) is 0 Å². The van der Waals surface area contributed by atoms with Crippen LogP contribution in [0.2, 0.25) is 0 Å². The zero-order valence-electron chi connectivity index (χ0n) is 5.61. The van der Waals surface area contributed by atoms with E-state index in [1.807, 2.05) is 0 Å². The summed E-state index contributed by atoms with van der Waals surface area (Å²) in [6, 6.07) is 0. The Morgan fingerprint density at radius 1 is 1.20 bits per heavy atom. The third kappa shape index (κ3) is 23.5. The van der Waals surface area contributed by atoms with Gasteiger partial charge in [-0.25, -0.2) is 0 Å². The van der Waals surface area contributed by atoms with Crippen LogP contribution in [0, 0.1) is 0 Å². The summed E-state index contributed by atoms with van der Waals surface area (Å²) in [5.74, 6) is -0.125. The predicted octanol–water partition coefficient (Wildman–Crippen LogP) is 1.93. The Morgan fingerprint density at radius 3 is 1.40 bits per heavy atom. The molecule has 0 aliphatic heterocycles. The Bertz CT molecular complexity index is 104. The third-order valence-corrected chi connectivity index (χ3v) is 0.498. The summed E-state index contributed by atoms with van der Waals surface area (Å²) in [5, 5.41) is 0. The number of hydrogen-bond acceptors (Lipinski definition) is 2. The summed E-state index contributed by atoms with van der Waals surface area (Å²) in [6.45, 7) is 2.81. The van der Waals surface area contributed by atoms with E-state index in [0.717, 1.165) is 0 Å². The van der Waals surface area contributed by atoms with Crippen LogP contribution in [0.3, 0.4) is 0 Å². The molecule has 0 aromatic carbocycles. The average Bonchev–Trinajstić information content (AvgIpc) is 1.62. The standard InChI is InChI=1S/C5H8O2.2ClH.Ir/c1-4(6)3-5(2)7;;;/h3H2,1-2H3;2*1H;/q;;;+2/p-2. The molecular weight excluding hydrogens is 355 g/mol. The summed E-state index contributed by atoms with van der Waals surface area (Å²) in [4.78, 5) is 20.1. The predicted molar refractivity (Wildman–Crippen MR) is 37.7 cm³/mol. The van der Waals surface area contributed by atoms with E-state index >= 15 is 0 Å². The van der Waals surface area contributed by atoms with E-state index in [4.69, 9.17) is 19.2 Å². The monoisotopic (exact) mass is 363 g/mol. The van der Waals surface area contributed by atoms with E-state index in [2.05, 4.69) is 0 Å². The zero-order chi connectivity index (χ0) is 8.57. The van der Waals surface area contributed by atoms with Gasteiger partial charge in [0.25, 0.3) is 0 Å². The van der Waals surface area contributed by atoms with E-state index in [9.17, 15) is 9.59 Å². The van der Waals surface area contributed by atoms with Crippen LogP contribution in [-0.2, 0) is 25.3 Å². The first kappa shape index (κ1) is 13.2. The second-order valence-electron chi connectivity index (χ2n) is 1.63. The number of ketones is 2. The number of Topliss-reactive ketones (excluding diaryl/α,β-unsaturated/α-hetero) is 2. The summed E-state index contributed by atoms with van der Waals surface area (Å²) in [7, 11) is 9.78. The van der Waals surface area contributed by atoms with Crippen LogP contribution in [-0.4, -0.2) is 11.6 Å². The van der Waals surface area contributed by atoms with Crippen LogP contribution in [0.15, 0.2) is 0 Å². The van der Waals surface area contributed by atoms with Crippen molar-refractivity contribution in [1.82, 2.24) is 0 Å². The van der Waals surface area contributed by atoms with Crippen molar-refractivity contribution in [1.29, 1.82) is 0 Å². The maximum absolute atomic E-state index is 10.0. The molecular formula is C5H8Cl2IrO2. The number of carbonyl (C=O) groups is 2. The van der Waals surface area contributed by atoms with E-state index in [1.54, 1.807) is 0 Å². The first-order valence-corrected chi connectivity index (χ1v) is 8.30. The molecule has 0 saturated carbocycles. The van der Waals surface area contributed by atoms with Crippen LogP contribution in [0.1, 0.15) is 20.3 Å². The van der Waals surface area contributed by atoms with E-state index in [-0.39, 0.29) is 18.0 Å². The number of hydrogen-bond donors (Lipinski definition) is 0. The molecule has 0 radical (unpaired) electrons. The summed E-state index contributed by atoms with van der Waals surface area (Å²) in [6.07, 6.45) is 0.0833. The van der Waals surface area contributed by atoms with Gasteiger partial charge < -0.3 is 0 Å². The van der Waals surface area contributed by atoms with Crippen LogP contribution in [0.25, 0.3) is 0 Å². The van der Waals surface area contributed by atoms with Crippen molar-refractivity contribution >= 4 is 30.7 Å². The molecule has 0 N–H and O–H groups in total. The van der Waals surface area contributed by atoms with Crippen LogP contribution < -0.4 is 0 Å². The van der Waals surface area contributed by atoms with Gasteiger partial charge >= 0.3 is 34.8 Å². The number of carbonyl (C=O) groups excluding carboxylic acids is 2. The first-order valence-electron chi connectivity index (χ1n) is 2.37. The number of rotatable bonds is 2. The van der Waals surface area contributed by atoms with Gasteiger partial charge in [0.05, 0.1) is 6.42 Å². The normalized spacial score (nSPS) is 8.00. The Morgan fingerprint density at radius 2 is 1.40 bits per heavy atom. The molecule has 0 saturated heterocycles. The number of halogens is 2. The van der Waals surface area contributed by atoms with Crippen molar-refractivity contribution in [2.75, 3.05) is 0 Å². The van der Waals surface area contributed by atoms with Crippen molar-refractivity contribution in [2.24, 2.45) is 0 Å².